The molecule has 190 valence electrons. The third-order valence-corrected chi connectivity index (χ3v) is 9.13. The lowest BCUT2D eigenvalue weighted by atomic mass is 9.80. The molecule has 0 aromatic heterocycles. The maximum Gasteiger partial charge on any atom is 0.0499 e. The predicted octanol–water partition coefficient (Wildman–Crippen LogP) is 12.8. The van der Waals surface area contributed by atoms with E-state index < -0.39 is 0 Å². The van der Waals surface area contributed by atoms with Crippen LogP contribution in [0.4, 0.5) is 0 Å². The fourth-order valence-corrected chi connectivity index (χ4v) is 7.52. The summed E-state index contributed by atoms with van der Waals surface area (Å²) in [4.78, 5) is 0. The van der Waals surface area contributed by atoms with Crippen molar-refractivity contribution in [2.24, 2.45) is 0 Å². The molecule has 0 aliphatic carbocycles. The van der Waals surface area contributed by atoms with E-state index in [-0.39, 0.29) is 0 Å². The standard InChI is InChI=1S/C36H18Cl4/c37-21-13-15-23(29(39)17-21)33-25-9-1-5-19-7-3-11-27(31(19)25)36-34(24-16-14-22(38)18-30(24)40)26-10-2-6-20-8-4-12-28(32(20)26)35(33)36/h1-18H. The molecule has 0 unspecified atom stereocenters. The van der Waals surface area contributed by atoms with E-state index in [4.69, 9.17) is 46.4 Å². The quantitative estimate of drug-likeness (QED) is 0.138. The minimum atomic E-state index is 0.606. The Bertz CT molecular complexity index is 2140. The van der Waals surface area contributed by atoms with E-state index in [1.165, 1.54) is 32.3 Å². The summed E-state index contributed by atoms with van der Waals surface area (Å²) < 4.78 is 0. The molecule has 0 spiro atoms. The van der Waals surface area contributed by atoms with Gasteiger partial charge in [0.15, 0.2) is 0 Å². The van der Waals surface area contributed by atoms with Crippen LogP contribution in [0, 0.1) is 0 Å². The fraction of sp³-hybridized carbons (Fsp3) is 0. The molecule has 0 fully saturated rings. The van der Waals surface area contributed by atoms with Gasteiger partial charge in [-0.3, -0.25) is 0 Å². The topological polar surface area (TPSA) is 0 Å². The van der Waals surface area contributed by atoms with Crippen molar-refractivity contribution in [2.45, 2.75) is 0 Å². The van der Waals surface area contributed by atoms with Crippen LogP contribution in [0.15, 0.2) is 109 Å². The number of halogens is 4. The molecule has 0 radical (unpaired) electrons. The van der Waals surface area contributed by atoms with Gasteiger partial charge in [0.05, 0.1) is 0 Å². The molecule has 4 heteroatoms. The minimum Gasteiger partial charge on any atom is -0.0843 e. The highest BCUT2D eigenvalue weighted by atomic mass is 35.5. The number of benzene rings is 8. The highest BCUT2D eigenvalue weighted by Gasteiger charge is 2.24. The lowest BCUT2D eigenvalue weighted by molar-refractivity contribution is 1.67. The van der Waals surface area contributed by atoms with Crippen molar-refractivity contribution in [1.82, 2.24) is 0 Å². The molecule has 0 saturated carbocycles. The highest BCUT2D eigenvalue weighted by Crippen LogP contribution is 2.52. The second-order valence-electron chi connectivity index (χ2n) is 10.2. The van der Waals surface area contributed by atoms with Gasteiger partial charge in [-0.2, -0.15) is 0 Å². The van der Waals surface area contributed by atoms with E-state index in [1.807, 2.05) is 36.4 Å². The fourth-order valence-electron chi connectivity index (χ4n) is 6.52. The number of rotatable bonds is 2. The summed E-state index contributed by atoms with van der Waals surface area (Å²) in [6.45, 7) is 0. The summed E-state index contributed by atoms with van der Waals surface area (Å²) in [5, 5.41) is 14.1. The maximum absolute atomic E-state index is 6.98. The van der Waals surface area contributed by atoms with Gasteiger partial charge in [-0.1, -0.05) is 131 Å². The number of hydrogen-bond acceptors (Lipinski definition) is 0. The number of fused-ring (bicyclic) bond motifs is 3. The molecule has 40 heavy (non-hydrogen) atoms. The van der Waals surface area contributed by atoms with Crippen molar-refractivity contribution < 1.29 is 0 Å². The molecule has 0 aliphatic heterocycles. The Labute approximate surface area is 250 Å². The van der Waals surface area contributed by atoms with Crippen molar-refractivity contribution in [3.8, 4) is 22.3 Å². The van der Waals surface area contributed by atoms with Gasteiger partial charge >= 0.3 is 0 Å². The van der Waals surface area contributed by atoms with E-state index in [9.17, 15) is 0 Å². The summed E-state index contributed by atoms with van der Waals surface area (Å²) in [6.07, 6.45) is 0. The molecular formula is C36H18Cl4. The summed E-state index contributed by atoms with van der Waals surface area (Å²) in [6, 6.07) is 37.6. The van der Waals surface area contributed by atoms with Crippen molar-refractivity contribution >= 4 is 100 Å². The van der Waals surface area contributed by atoms with Crippen LogP contribution in [0.1, 0.15) is 0 Å². The van der Waals surface area contributed by atoms with E-state index in [0.717, 1.165) is 43.8 Å². The Morgan fingerprint density at radius 3 is 1.10 bits per heavy atom. The zero-order valence-electron chi connectivity index (χ0n) is 20.9. The van der Waals surface area contributed by atoms with Crippen LogP contribution in [-0.2, 0) is 0 Å². The van der Waals surface area contributed by atoms with Gasteiger partial charge in [0.25, 0.3) is 0 Å². The molecular weight excluding hydrogens is 574 g/mol. The second-order valence-corrected chi connectivity index (χ2v) is 11.9. The van der Waals surface area contributed by atoms with E-state index in [2.05, 4.69) is 72.8 Å². The van der Waals surface area contributed by atoms with Crippen LogP contribution < -0.4 is 0 Å². The second kappa shape index (κ2) is 8.99. The van der Waals surface area contributed by atoms with Gasteiger partial charge in [-0.25, -0.2) is 0 Å². The Balaban J connectivity index is 1.78. The summed E-state index contributed by atoms with van der Waals surface area (Å²) in [7, 11) is 0. The lowest BCUT2D eigenvalue weighted by Crippen LogP contribution is -1.95. The first-order valence-electron chi connectivity index (χ1n) is 13.0. The monoisotopic (exact) mass is 590 g/mol. The SMILES string of the molecule is Clc1ccc(-c2c3cccc4cccc(c5c(-c6ccc(Cl)cc6Cl)c6cccc7cccc(c25)c76)c43)c(Cl)c1. The average molecular weight is 592 g/mol. The van der Waals surface area contributed by atoms with Gasteiger partial charge in [0.2, 0.25) is 0 Å². The molecule has 0 nitrogen and oxygen atoms in total. The van der Waals surface area contributed by atoms with Crippen LogP contribution in [-0.4, -0.2) is 0 Å². The molecule has 0 N–H and O–H groups in total. The largest absolute Gasteiger partial charge is 0.0843 e. The molecule has 0 aliphatic rings. The van der Waals surface area contributed by atoms with Crippen LogP contribution in [0.25, 0.3) is 76.1 Å². The van der Waals surface area contributed by atoms with Crippen LogP contribution in [0.3, 0.4) is 0 Å². The van der Waals surface area contributed by atoms with Crippen molar-refractivity contribution in [3.05, 3.63) is 129 Å². The zero-order valence-corrected chi connectivity index (χ0v) is 23.9. The van der Waals surface area contributed by atoms with Gasteiger partial charge in [0, 0.05) is 31.2 Å². The van der Waals surface area contributed by atoms with Crippen molar-refractivity contribution in [2.75, 3.05) is 0 Å². The molecule has 0 amide bonds. The minimum absolute atomic E-state index is 0.606. The first-order valence-corrected chi connectivity index (χ1v) is 14.5. The van der Waals surface area contributed by atoms with Gasteiger partial charge < -0.3 is 0 Å². The Hall–Kier alpha value is -3.52. The third-order valence-electron chi connectivity index (χ3n) is 8.04. The van der Waals surface area contributed by atoms with E-state index in [0.29, 0.717) is 20.1 Å². The Kier molecular flexibility index (Phi) is 5.46. The molecule has 8 aromatic carbocycles. The van der Waals surface area contributed by atoms with Crippen molar-refractivity contribution in [3.63, 3.8) is 0 Å². The first-order chi connectivity index (χ1) is 19.5. The molecule has 8 rings (SSSR count). The normalized spacial score (nSPS) is 12.0. The third kappa shape index (κ3) is 3.41. The summed E-state index contributed by atoms with van der Waals surface area (Å²) in [5.74, 6) is 0. The summed E-state index contributed by atoms with van der Waals surface area (Å²) >= 11 is 26.7. The summed E-state index contributed by atoms with van der Waals surface area (Å²) in [5.41, 5.74) is 4.06. The van der Waals surface area contributed by atoms with Crippen LogP contribution in [0.2, 0.25) is 20.1 Å². The molecule has 0 atom stereocenters. The van der Waals surface area contributed by atoms with E-state index in [1.54, 1.807) is 0 Å². The molecule has 8 aromatic rings. The van der Waals surface area contributed by atoms with Gasteiger partial charge in [-0.05, 0) is 89.3 Å². The van der Waals surface area contributed by atoms with Crippen LogP contribution >= 0.6 is 46.4 Å². The maximum atomic E-state index is 6.98. The van der Waals surface area contributed by atoms with Gasteiger partial charge in [-0.15, -0.1) is 0 Å². The molecule has 0 bridgehead atoms. The van der Waals surface area contributed by atoms with Crippen molar-refractivity contribution in [1.29, 1.82) is 0 Å². The lowest BCUT2D eigenvalue weighted by Gasteiger charge is -2.23. The zero-order chi connectivity index (χ0) is 27.1. The predicted molar refractivity (Wildman–Crippen MR) is 176 cm³/mol. The molecule has 0 heterocycles. The highest BCUT2D eigenvalue weighted by molar-refractivity contribution is 6.44. The van der Waals surface area contributed by atoms with Crippen LogP contribution in [0.5, 0.6) is 0 Å². The molecule has 0 saturated heterocycles. The average Bonchev–Trinajstić information content (AvgIpc) is 2.95. The number of hydrogen-bond donors (Lipinski definition) is 0. The van der Waals surface area contributed by atoms with E-state index >= 15 is 0 Å². The Morgan fingerprint density at radius 2 is 0.725 bits per heavy atom. The smallest absolute Gasteiger partial charge is 0.0499 e. The first kappa shape index (κ1) is 24.3. The Morgan fingerprint density at radius 1 is 0.350 bits per heavy atom. The van der Waals surface area contributed by atoms with Gasteiger partial charge in [0.1, 0.15) is 0 Å².